The molecule has 148 valence electrons. The van der Waals surface area contributed by atoms with Crippen molar-refractivity contribution in [3.63, 3.8) is 0 Å². The molecular formula is C16H23BN2O8. The van der Waals surface area contributed by atoms with Gasteiger partial charge in [-0.2, -0.15) is 0 Å². The van der Waals surface area contributed by atoms with E-state index in [-0.39, 0.29) is 35.7 Å². The minimum Gasteiger partial charge on any atom is -0.507 e. The molecule has 1 atom stereocenters. The van der Waals surface area contributed by atoms with Gasteiger partial charge in [-0.25, -0.2) is 4.79 Å². The highest BCUT2D eigenvalue weighted by atomic mass is 16.5. The average molecular weight is 382 g/mol. The quantitative estimate of drug-likeness (QED) is 0.275. The predicted molar refractivity (Wildman–Crippen MR) is 94.9 cm³/mol. The predicted octanol–water partition coefficient (Wildman–Crippen LogP) is -1.03. The van der Waals surface area contributed by atoms with Crippen LogP contribution in [0.3, 0.4) is 0 Å². The lowest BCUT2D eigenvalue weighted by Crippen LogP contribution is -2.54. The summed E-state index contributed by atoms with van der Waals surface area (Å²) in [6.07, 6.45) is 0.0801. The first-order chi connectivity index (χ1) is 12.7. The maximum absolute atomic E-state index is 11.5. The molecule has 0 radical (unpaired) electrons. The zero-order chi connectivity index (χ0) is 20.1. The van der Waals surface area contributed by atoms with Gasteiger partial charge in [-0.15, -0.1) is 0 Å². The van der Waals surface area contributed by atoms with Gasteiger partial charge in [0.15, 0.2) is 0 Å². The monoisotopic (exact) mass is 382 g/mol. The zero-order valence-electron chi connectivity index (χ0n) is 14.6. The van der Waals surface area contributed by atoms with Crippen LogP contribution in [-0.4, -0.2) is 81.1 Å². The molecule has 1 aliphatic heterocycles. The van der Waals surface area contributed by atoms with Crippen molar-refractivity contribution < 1.29 is 39.7 Å². The summed E-state index contributed by atoms with van der Waals surface area (Å²) in [6.45, 7) is 1.47. The fourth-order valence-corrected chi connectivity index (χ4v) is 2.81. The molecule has 1 heterocycles. The molecule has 0 bridgehead atoms. The van der Waals surface area contributed by atoms with Crippen LogP contribution in [0, 0.1) is 0 Å². The number of carboxylic acids is 2. The summed E-state index contributed by atoms with van der Waals surface area (Å²) in [5.41, 5.74) is 5.36. The zero-order valence-corrected chi connectivity index (χ0v) is 14.6. The molecule has 1 aliphatic rings. The number of aromatic carboxylic acids is 1. The molecular weight excluding hydrogens is 359 g/mol. The van der Waals surface area contributed by atoms with Gasteiger partial charge in [-0.05, 0) is 30.8 Å². The van der Waals surface area contributed by atoms with Crippen molar-refractivity contribution in [3.8, 4) is 11.5 Å². The van der Waals surface area contributed by atoms with E-state index in [1.54, 1.807) is 0 Å². The number of aryl methyl sites for hydroxylation is 1. The number of carbonyl (C=O) groups is 2. The second kappa shape index (κ2) is 9.04. The molecule has 2 rings (SSSR count). The molecule has 7 N–H and O–H groups in total. The van der Waals surface area contributed by atoms with Gasteiger partial charge in [0.05, 0.1) is 0 Å². The minimum atomic E-state index is -1.55. The number of phenols is 1. The van der Waals surface area contributed by atoms with Crippen LogP contribution in [0.15, 0.2) is 12.1 Å². The second-order valence-corrected chi connectivity index (χ2v) is 6.50. The lowest BCUT2D eigenvalue weighted by atomic mass is 9.82. The molecule has 10 nitrogen and oxygen atoms in total. The fraction of sp³-hybridized carbons (Fsp3) is 0.500. The largest absolute Gasteiger partial charge is 0.507 e. The van der Waals surface area contributed by atoms with Gasteiger partial charge in [0.1, 0.15) is 29.2 Å². The van der Waals surface area contributed by atoms with Crippen molar-refractivity contribution in [1.29, 1.82) is 0 Å². The Labute approximate surface area is 155 Å². The van der Waals surface area contributed by atoms with Gasteiger partial charge in [-0.1, -0.05) is 6.07 Å². The van der Waals surface area contributed by atoms with Crippen LogP contribution in [0.4, 0.5) is 0 Å². The normalized spacial score (nSPS) is 15.8. The first-order valence-corrected chi connectivity index (χ1v) is 8.50. The molecule has 1 aromatic rings. The van der Waals surface area contributed by atoms with Gasteiger partial charge < -0.3 is 35.8 Å². The highest BCUT2D eigenvalue weighted by Crippen LogP contribution is 2.33. The third-order valence-electron chi connectivity index (χ3n) is 4.40. The van der Waals surface area contributed by atoms with Crippen LogP contribution in [-0.2, 0) is 11.2 Å². The Balaban J connectivity index is 1.96. The maximum Gasteiger partial charge on any atom is 0.451 e. The molecule has 0 spiro atoms. The molecule has 0 saturated carbocycles. The van der Waals surface area contributed by atoms with Gasteiger partial charge in [0, 0.05) is 19.6 Å². The van der Waals surface area contributed by atoms with Crippen LogP contribution in [0.5, 0.6) is 11.5 Å². The molecule has 1 fully saturated rings. The van der Waals surface area contributed by atoms with Crippen molar-refractivity contribution in [2.45, 2.75) is 31.3 Å². The fourth-order valence-electron chi connectivity index (χ4n) is 2.81. The maximum atomic E-state index is 11.5. The van der Waals surface area contributed by atoms with Gasteiger partial charge in [-0.3, -0.25) is 9.69 Å². The number of aromatic hydroxyl groups is 1. The molecule has 0 aromatic heterocycles. The number of rotatable bonds is 10. The lowest BCUT2D eigenvalue weighted by Gasteiger charge is -2.39. The number of likely N-dealkylation sites (tertiary alicyclic amines) is 1. The molecule has 1 aromatic carbocycles. The van der Waals surface area contributed by atoms with E-state index in [0.717, 1.165) is 0 Å². The van der Waals surface area contributed by atoms with E-state index in [4.69, 9.17) is 25.6 Å². The van der Waals surface area contributed by atoms with Gasteiger partial charge >= 0.3 is 19.1 Å². The molecule has 1 saturated heterocycles. The molecule has 0 unspecified atom stereocenters. The summed E-state index contributed by atoms with van der Waals surface area (Å²) in [5, 5.41) is 46.2. The van der Waals surface area contributed by atoms with E-state index >= 15 is 0 Å². The number of benzene rings is 1. The summed E-state index contributed by atoms with van der Waals surface area (Å²) >= 11 is 0. The highest BCUT2D eigenvalue weighted by molar-refractivity contribution is 6.41. The third-order valence-corrected chi connectivity index (χ3v) is 4.40. The van der Waals surface area contributed by atoms with Crippen molar-refractivity contribution in [3.05, 3.63) is 23.3 Å². The second-order valence-electron chi connectivity index (χ2n) is 6.50. The smallest absolute Gasteiger partial charge is 0.451 e. The summed E-state index contributed by atoms with van der Waals surface area (Å²) in [7, 11) is -1.55. The van der Waals surface area contributed by atoms with Crippen LogP contribution in [0.1, 0.15) is 22.3 Å². The van der Waals surface area contributed by atoms with Crippen molar-refractivity contribution in [2.75, 3.05) is 19.6 Å². The summed E-state index contributed by atoms with van der Waals surface area (Å²) in [6, 6.07) is 2.00. The van der Waals surface area contributed by atoms with Gasteiger partial charge in [0.2, 0.25) is 0 Å². The first-order valence-electron chi connectivity index (χ1n) is 8.50. The van der Waals surface area contributed by atoms with E-state index in [1.807, 2.05) is 4.90 Å². The SMILES string of the molecule is N[C@@H](CCN1CC(Oc2ccc(CCB(O)O)c(O)c2C(=O)O)C1)C(=O)O. The van der Waals surface area contributed by atoms with Crippen molar-refractivity contribution >= 4 is 19.1 Å². The number of nitrogens with two attached hydrogens (primary N) is 1. The highest BCUT2D eigenvalue weighted by Gasteiger charge is 2.31. The third kappa shape index (κ3) is 5.57. The molecule has 11 heteroatoms. The number of nitrogens with zero attached hydrogens (tertiary/aromatic N) is 1. The van der Waals surface area contributed by atoms with Crippen LogP contribution in [0.2, 0.25) is 6.32 Å². The van der Waals surface area contributed by atoms with E-state index in [1.165, 1.54) is 12.1 Å². The Hall–Kier alpha value is -2.34. The molecule has 27 heavy (non-hydrogen) atoms. The van der Waals surface area contributed by atoms with E-state index in [2.05, 4.69) is 0 Å². The number of hydrogen-bond acceptors (Lipinski definition) is 8. The Morgan fingerprint density at radius 2 is 1.96 bits per heavy atom. The number of ether oxygens (including phenoxy) is 1. The van der Waals surface area contributed by atoms with E-state index < -0.39 is 30.8 Å². The van der Waals surface area contributed by atoms with Gasteiger partial charge in [0.25, 0.3) is 0 Å². The number of aliphatic carboxylic acids is 1. The van der Waals surface area contributed by atoms with Crippen molar-refractivity contribution in [1.82, 2.24) is 4.90 Å². The Morgan fingerprint density at radius 1 is 1.30 bits per heavy atom. The molecule has 0 amide bonds. The van der Waals surface area contributed by atoms with E-state index in [9.17, 15) is 19.8 Å². The Bertz CT molecular complexity index is 693. The Morgan fingerprint density at radius 3 is 2.52 bits per heavy atom. The minimum absolute atomic E-state index is 0.0279. The Kier molecular flexibility index (Phi) is 7.02. The standard InChI is InChI=1S/C16H23BN2O8/c18-11(15(21)22)4-6-19-7-10(8-19)27-12-2-1-9(3-5-17(25)26)14(20)13(12)16(23)24/h1-2,10-11,20,25-26H,3-8,18H2,(H,21,22)(H,23,24)/t11-/m0/s1. The first kappa shape index (κ1) is 21.0. The number of hydrogen-bond donors (Lipinski definition) is 6. The van der Waals surface area contributed by atoms with Crippen LogP contribution < -0.4 is 10.5 Å². The lowest BCUT2D eigenvalue weighted by molar-refractivity contribution is -0.138. The van der Waals surface area contributed by atoms with E-state index in [0.29, 0.717) is 26.1 Å². The van der Waals surface area contributed by atoms with Crippen LogP contribution in [0.25, 0.3) is 0 Å². The molecule has 0 aliphatic carbocycles. The summed E-state index contributed by atoms with van der Waals surface area (Å²) in [4.78, 5) is 24.1. The summed E-state index contributed by atoms with van der Waals surface area (Å²) < 4.78 is 5.66. The van der Waals surface area contributed by atoms with Crippen molar-refractivity contribution in [2.24, 2.45) is 5.73 Å². The number of carboxylic acid groups (broad SMARTS) is 2. The van der Waals surface area contributed by atoms with Crippen LogP contribution >= 0.6 is 0 Å². The topological polar surface area (TPSA) is 174 Å². The average Bonchev–Trinajstić information content (AvgIpc) is 2.54. The summed E-state index contributed by atoms with van der Waals surface area (Å²) in [5.74, 6) is -2.83.